The molecule has 0 aromatic rings. The Morgan fingerprint density at radius 3 is 2.41 bits per heavy atom. The van der Waals surface area contributed by atoms with Crippen molar-refractivity contribution in [1.29, 1.82) is 0 Å². The first-order chi connectivity index (χ1) is 8.08. The van der Waals surface area contributed by atoms with Gasteiger partial charge in [0, 0.05) is 0 Å². The number of hydrogen-bond donors (Lipinski definition) is 1. The second-order valence-corrected chi connectivity index (χ2v) is 5.98. The maximum atomic E-state index is 10.5. The fourth-order valence-electron chi connectivity index (χ4n) is 1.89. The summed E-state index contributed by atoms with van der Waals surface area (Å²) in [4.78, 5) is 0. The molecule has 0 aromatic carbocycles. The van der Waals surface area contributed by atoms with Gasteiger partial charge in [0.15, 0.2) is 0 Å². The van der Waals surface area contributed by atoms with Gasteiger partial charge in [-0.2, -0.15) is 8.42 Å². The molecule has 102 valence electrons. The Balaban J connectivity index is 1.87. The summed E-state index contributed by atoms with van der Waals surface area (Å²) in [6.45, 7) is 2.09. The Labute approximate surface area is 103 Å². The first kappa shape index (κ1) is 14.9. The second-order valence-electron chi connectivity index (χ2n) is 4.41. The van der Waals surface area contributed by atoms with Crippen molar-refractivity contribution in [3.05, 3.63) is 0 Å². The summed E-state index contributed by atoms with van der Waals surface area (Å²) in [6, 6.07) is 0. The lowest BCUT2D eigenvalue weighted by Crippen LogP contribution is -2.28. The highest BCUT2D eigenvalue weighted by atomic mass is 32.2. The minimum absolute atomic E-state index is 0.118. The van der Waals surface area contributed by atoms with Crippen LogP contribution in [0, 0.1) is 0 Å². The van der Waals surface area contributed by atoms with Crippen molar-refractivity contribution in [2.45, 2.75) is 44.6 Å². The maximum Gasteiger partial charge on any atom is 0.264 e. The normalized spacial score (nSPS) is 21.6. The zero-order valence-corrected chi connectivity index (χ0v) is 11.0. The molecule has 0 aromatic heterocycles. The fourth-order valence-corrected chi connectivity index (χ4v) is 2.46. The van der Waals surface area contributed by atoms with E-state index in [-0.39, 0.29) is 11.9 Å². The van der Waals surface area contributed by atoms with Crippen molar-refractivity contribution in [2.75, 3.05) is 25.6 Å². The van der Waals surface area contributed by atoms with E-state index in [1.54, 1.807) is 0 Å². The summed E-state index contributed by atoms with van der Waals surface area (Å²) in [6.07, 6.45) is 5.80. The minimum Gasteiger partial charge on any atom is -0.376 e. The van der Waals surface area contributed by atoms with Crippen molar-refractivity contribution in [2.24, 2.45) is 0 Å². The van der Waals surface area contributed by atoms with E-state index in [0.29, 0.717) is 26.2 Å². The zero-order valence-electron chi connectivity index (χ0n) is 10.1. The van der Waals surface area contributed by atoms with Gasteiger partial charge in [-0.05, 0) is 12.8 Å². The Morgan fingerprint density at radius 1 is 1.06 bits per heavy atom. The van der Waals surface area contributed by atoms with E-state index in [9.17, 15) is 8.42 Å². The Morgan fingerprint density at radius 2 is 1.76 bits per heavy atom. The van der Waals surface area contributed by atoms with E-state index in [1.807, 2.05) is 0 Å². The lowest BCUT2D eigenvalue weighted by Gasteiger charge is -2.22. The second kappa shape index (κ2) is 8.02. The van der Waals surface area contributed by atoms with Gasteiger partial charge < -0.3 is 9.47 Å². The number of rotatable bonds is 8. The van der Waals surface area contributed by atoms with Gasteiger partial charge in [0.05, 0.1) is 31.7 Å². The van der Waals surface area contributed by atoms with Crippen LogP contribution in [-0.2, 0) is 19.6 Å². The summed E-state index contributed by atoms with van der Waals surface area (Å²) in [5.41, 5.74) is 0. The highest BCUT2D eigenvalue weighted by molar-refractivity contribution is 7.85. The van der Waals surface area contributed by atoms with Crippen LogP contribution in [-0.4, -0.2) is 44.6 Å². The highest BCUT2D eigenvalue weighted by Crippen LogP contribution is 2.12. The fraction of sp³-hybridized carbons (Fsp3) is 1.00. The summed E-state index contributed by atoms with van der Waals surface area (Å²) in [7, 11) is -3.77. The lowest BCUT2D eigenvalue weighted by molar-refractivity contribution is -0.0912. The average Bonchev–Trinajstić information content (AvgIpc) is 2.28. The van der Waals surface area contributed by atoms with Crippen LogP contribution in [0.3, 0.4) is 0 Å². The van der Waals surface area contributed by atoms with E-state index in [0.717, 1.165) is 32.1 Å². The van der Waals surface area contributed by atoms with Crippen LogP contribution in [0.5, 0.6) is 0 Å². The number of hydrogen-bond acceptors (Lipinski definition) is 4. The first-order valence-corrected chi connectivity index (χ1v) is 7.83. The van der Waals surface area contributed by atoms with Gasteiger partial charge in [0.2, 0.25) is 0 Å². The predicted molar refractivity (Wildman–Crippen MR) is 64.7 cm³/mol. The molecule has 5 nitrogen and oxygen atoms in total. The van der Waals surface area contributed by atoms with E-state index in [4.69, 9.17) is 14.0 Å². The van der Waals surface area contributed by atoms with Gasteiger partial charge in [-0.15, -0.1) is 0 Å². The molecule has 0 aliphatic carbocycles. The molecule has 1 N–H and O–H groups in total. The number of ether oxygens (including phenoxy) is 2. The van der Waals surface area contributed by atoms with Crippen LogP contribution in [0.15, 0.2) is 0 Å². The van der Waals surface area contributed by atoms with Crippen molar-refractivity contribution >= 4 is 10.1 Å². The van der Waals surface area contributed by atoms with E-state index < -0.39 is 10.1 Å². The van der Waals surface area contributed by atoms with Gasteiger partial charge >= 0.3 is 0 Å². The lowest BCUT2D eigenvalue weighted by atomic mass is 10.1. The molecule has 0 spiro atoms. The molecular weight excluding hydrogens is 244 g/mol. The molecule has 1 rings (SSSR count). The molecule has 1 aliphatic heterocycles. The third-order valence-corrected chi connectivity index (χ3v) is 3.62. The van der Waals surface area contributed by atoms with Crippen LogP contribution in [0.1, 0.15) is 38.5 Å². The zero-order chi connectivity index (χ0) is 12.6. The van der Waals surface area contributed by atoms with Crippen molar-refractivity contribution in [3.8, 4) is 0 Å². The molecule has 1 saturated heterocycles. The standard InChI is InChI=1S/C11H22O5S/c12-17(13,14)9-5-3-1-2-4-6-11-10-15-7-8-16-11/h11H,1-10H2,(H,12,13,14). The topological polar surface area (TPSA) is 72.8 Å². The van der Waals surface area contributed by atoms with E-state index in [1.165, 1.54) is 0 Å². The summed E-state index contributed by atoms with van der Waals surface area (Å²) >= 11 is 0. The van der Waals surface area contributed by atoms with Gasteiger partial charge in [0.1, 0.15) is 0 Å². The van der Waals surface area contributed by atoms with Gasteiger partial charge in [-0.1, -0.05) is 25.7 Å². The predicted octanol–water partition coefficient (Wildman–Crippen LogP) is 1.63. The third-order valence-electron chi connectivity index (χ3n) is 2.81. The molecule has 0 radical (unpaired) electrons. The molecule has 0 saturated carbocycles. The Bertz CT molecular complexity index is 282. The first-order valence-electron chi connectivity index (χ1n) is 6.22. The van der Waals surface area contributed by atoms with Crippen LogP contribution < -0.4 is 0 Å². The molecular formula is C11H22O5S. The Hall–Kier alpha value is -0.170. The minimum atomic E-state index is -3.77. The van der Waals surface area contributed by atoms with E-state index in [2.05, 4.69) is 0 Å². The molecule has 0 bridgehead atoms. The summed E-state index contributed by atoms with van der Waals surface area (Å²) in [5.74, 6) is -0.118. The molecule has 1 heterocycles. The molecule has 0 amide bonds. The van der Waals surface area contributed by atoms with Crippen LogP contribution >= 0.6 is 0 Å². The molecule has 1 aliphatic rings. The van der Waals surface area contributed by atoms with Gasteiger partial charge in [0.25, 0.3) is 10.1 Å². The van der Waals surface area contributed by atoms with Crippen LogP contribution in [0.4, 0.5) is 0 Å². The summed E-state index contributed by atoms with van der Waals surface area (Å²) < 4.78 is 40.2. The monoisotopic (exact) mass is 266 g/mol. The molecule has 1 atom stereocenters. The molecule has 17 heavy (non-hydrogen) atoms. The van der Waals surface area contributed by atoms with Crippen molar-refractivity contribution in [3.63, 3.8) is 0 Å². The summed E-state index contributed by atoms with van der Waals surface area (Å²) in [5, 5.41) is 0. The SMILES string of the molecule is O=S(=O)(O)CCCCCCCC1COCCO1. The van der Waals surface area contributed by atoms with Gasteiger partial charge in [-0.3, -0.25) is 4.55 Å². The van der Waals surface area contributed by atoms with Crippen molar-refractivity contribution < 1.29 is 22.4 Å². The quantitative estimate of drug-likeness (QED) is 0.534. The largest absolute Gasteiger partial charge is 0.376 e. The van der Waals surface area contributed by atoms with Crippen molar-refractivity contribution in [1.82, 2.24) is 0 Å². The molecule has 1 fully saturated rings. The van der Waals surface area contributed by atoms with E-state index >= 15 is 0 Å². The maximum absolute atomic E-state index is 10.5. The Kier molecular flexibility index (Phi) is 7.03. The average molecular weight is 266 g/mol. The smallest absolute Gasteiger partial charge is 0.264 e. The van der Waals surface area contributed by atoms with Crippen LogP contribution in [0.2, 0.25) is 0 Å². The third kappa shape index (κ3) is 8.54. The molecule has 1 unspecified atom stereocenters. The highest BCUT2D eigenvalue weighted by Gasteiger charge is 2.13. The number of unbranched alkanes of at least 4 members (excludes halogenated alkanes) is 4. The molecule has 6 heteroatoms. The van der Waals surface area contributed by atoms with Gasteiger partial charge in [-0.25, -0.2) is 0 Å². The van der Waals surface area contributed by atoms with Crippen LogP contribution in [0.25, 0.3) is 0 Å².